The van der Waals surface area contributed by atoms with Crippen LogP contribution in [0.1, 0.15) is 67.4 Å². The molecule has 2 aliphatic rings. The molecule has 5 heteroatoms. The van der Waals surface area contributed by atoms with Crippen molar-refractivity contribution in [2.45, 2.75) is 77.3 Å². The minimum Gasteiger partial charge on any atom is -0.445 e. The molecule has 0 spiro atoms. The first-order valence-electron chi connectivity index (χ1n) is 9.55. The standard InChI is InChI=1S/C20H29N3OS/c1-11-13(3)23(14(4)18-9-16-6-7-17(18)8-16)20(22-11)25-10-19-21-12(2)15(5)24-19/h14,16-18H,6-10H2,1-5H3. The predicted molar refractivity (Wildman–Crippen MR) is 101 cm³/mol. The maximum Gasteiger partial charge on any atom is 0.205 e. The smallest absolute Gasteiger partial charge is 0.205 e. The Morgan fingerprint density at radius 3 is 2.52 bits per heavy atom. The molecule has 0 aromatic carbocycles. The summed E-state index contributed by atoms with van der Waals surface area (Å²) in [6, 6.07) is 0.534. The predicted octanol–water partition coefficient (Wildman–Crippen LogP) is 5.39. The van der Waals surface area contributed by atoms with Gasteiger partial charge in [0.15, 0.2) is 5.16 Å². The van der Waals surface area contributed by atoms with Gasteiger partial charge in [-0.1, -0.05) is 18.2 Å². The summed E-state index contributed by atoms with van der Waals surface area (Å²) in [6.07, 6.45) is 5.76. The second kappa shape index (κ2) is 6.49. The first-order chi connectivity index (χ1) is 11.9. The molecule has 4 nitrogen and oxygen atoms in total. The molecule has 0 N–H and O–H groups in total. The van der Waals surface area contributed by atoms with Gasteiger partial charge in [0, 0.05) is 11.7 Å². The summed E-state index contributed by atoms with van der Waals surface area (Å²) >= 11 is 1.76. The zero-order valence-electron chi connectivity index (χ0n) is 16.0. The normalized spacial score (nSPS) is 26.5. The molecule has 0 saturated heterocycles. The molecule has 4 rings (SSSR count). The van der Waals surface area contributed by atoms with Gasteiger partial charge in [0.2, 0.25) is 5.89 Å². The quantitative estimate of drug-likeness (QED) is 0.671. The second-order valence-corrected chi connectivity index (χ2v) is 8.99. The van der Waals surface area contributed by atoms with Crippen LogP contribution in [-0.4, -0.2) is 14.5 Å². The van der Waals surface area contributed by atoms with Gasteiger partial charge < -0.3 is 8.98 Å². The Hall–Kier alpha value is -1.23. The zero-order chi connectivity index (χ0) is 17.7. The van der Waals surface area contributed by atoms with Gasteiger partial charge in [-0.15, -0.1) is 0 Å². The van der Waals surface area contributed by atoms with Gasteiger partial charge in [-0.3, -0.25) is 0 Å². The van der Waals surface area contributed by atoms with Gasteiger partial charge in [-0.2, -0.15) is 0 Å². The number of rotatable bonds is 5. The van der Waals surface area contributed by atoms with Crippen molar-refractivity contribution in [2.75, 3.05) is 0 Å². The summed E-state index contributed by atoms with van der Waals surface area (Å²) in [5.74, 6) is 5.19. The largest absolute Gasteiger partial charge is 0.445 e. The molecule has 0 aliphatic heterocycles. The van der Waals surface area contributed by atoms with E-state index in [0.717, 1.165) is 51.7 Å². The van der Waals surface area contributed by atoms with Crippen LogP contribution in [0.5, 0.6) is 0 Å². The van der Waals surface area contributed by atoms with Gasteiger partial charge in [0.25, 0.3) is 0 Å². The topological polar surface area (TPSA) is 43.9 Å². The van der Waals surface area contributed by atoms with Crippen LogP contribution in [0.25, 0.3) is 0 Å². The van der Waals surface area contributed by atoms with Crippen LogP contribution in [-0.2, 0) is 5.75 Å². The van der Waals surface area contributed by atoms with E-state index in [1.807, 2.05) is 13.8 Å². The number of nitrogens with zero attached hydrogens (tertiary/aromatic N) is 3. The molecule has 4 atom stereocenters. The molecular formula is C20H29N3OS. The summed E-state index contributed by atoms with van der Waals surface area (Å²) in [5.41, 5.74) is 3.46. The Bertz CT molecular complexity index is 759. The van der Waals surface area contributed by atoms with Crippen LogP contribution in [0.2, 0.25) is 0 Å². The summed E-state index contributed by atoms with van der Waals surface area (Å²) in [7, 11) is 0. The monoisotopic (exact) mass is 359 g/mol. The average molecular weight is 360 g/mol. The van der Waals surface area contributed by atoms with Crippen molar-refractivity contribution in [2.24, 2.45) is 17.8 Å². The summed E-state index contributed by atoms with van der Waals surface area (Å²) < 4.78 is 8.24. The summed E-state index contributed by atoms with van der Waals surface area (Å²) in [4.78, 5) is 9.38. The van der Waals surface area contributed by atoms with Crippen LogP contribution in [0.3, 0.4) is 0 Å². The Kier molecular flexibility index (Phi) is 4.47. The van der Waals surface area contributed by atoms with Gasteiger partial charge in [0.1, 0.15) is 5.76 Å². The molecule has 4 unspecified atom stereocenters. The lowest BCUT2D eigenvalue weighted by atomic mass is 9.84. The molecule has 136 valence electrons. The highest BCUT2D eigenvalue weighted by Crippen LogP contribution is 2.52. The Balaban J connectivity index is 1.55. The zero-order valence-corrected chi connectivity index (χ0v) is 16.8. The second-order valence-electron chi connectivity index (χ2n) is 8.05. The third-order valence-electron chi connectivity index (χ3n) is 6.57. The average Bonchev–Trinajstić information content (AvgIpc) is 3.32. The molecule has 2 fully saturated rings. The summed E-state index contributed by atoms with van der Waals surface area (Å²) in [5, 5.41) is 1.12. The molecule has 0 radical (unpaired) electrons. The molecule has 2 aromatic heterocycles. The fourth-order valence-corrected chi connectivity index (χ4v) is 6.00. The fourth-order valence-electron chi connectivity index (χ4n) is 4.98. The van der Waals surface area contributed by atoms with Gasteiger partial charge in [-0.05, 0) is 71.6 Å². The van der Waals surface area contributed by atoms with Crippen molar-refractivity contribution < 1.29 is 4.42 Å². The Labute approximate surface area is 154 Å². The molecule has 2 aromatic rings. The van der Waals surface area contributed by atoms with Crippen LogP contribution in [0.4, 0.5) is 0 Å². The molecule has 2 saturated carbocycles. The number of thioether (sulfide) groups is 1. The summed E-state index contributed by atoms with van der Waals surface area (Å²) in [6.45, 7) is 10.7. The lowest BCUT2D eigenvalue weighted by molar-refractivity contribution is 0.232. The van der Waals surface area contributed by atoms with Crippen molar-refractivity contribution >= 4 is 11.8 Å². The van der Waals surface area contributed by atoms with Crippen molar-refractivity contribution in [3.63, 3.8) is 0 Å². The van der Waals surface area contributed by atoms with Crippen molar-refractivity contribution in [1.82, 2.24) is 14.5 Å². The van der Waals surface area contributed by atoms with Crippen molar-refractivity contribution in [1.29, 1.82) is 0 Å². The number of aryl methyl sites for hydroxylation is 3. The SMILES string of the molecule is Cc1nc(CSc2nc(C)c(C)n2C(C)C2CC3CCC2C3)oc1C. The van der Waals surface area contributed by atoms with Crippen LogP contribution >= 0.6 is 11.8 Å². The third kappa shape index (κ3) is 3.05. The number of imidazole rings is 1. The number of fused-ring (bicyclic) bond motifs is 2. The molecule has 2 bridgehead atoms. The molecule has 25 heavy (non-hydrogen) atoms. The maximum absolute atomic E-state index is 5.74. The fraction of sp³-hybridized carbons (Fsp3) is 0.700. The van der Waals surface area contributed by atoms with E-state index in [1.165, 1.54) is 31.4 Å². The Morgan fingerprint density at radius 1 is 1.12 bits per heavy atom. The Morgan fingerprint density at radius 2 is 1.92 bits per heavy atom. The van der Waals surface area contributed by atoms with E-state index in [9.17, 15) is 0 Å². The third-order valence-corrected chi connectivity index (χ3v) is 7.51. The number of hydrogen-bond acceptors (Lipinski definition) is 4. The first kappa shape index (κ1) is 17.2. The minimum absolute atomic E-state index is 0.534. The lowest BCUT2D eigenvalue weighted by Gasteiger charge is -2.30. The van der Waals surface area contributed by atoms with Gasteiger partial charge in [-0.25, -0.2) is 9.97 Å². The van der Waals surface area contributed by atoms with Crippen LogP contribution < -0.4 is 0 Å². The van der Waals surface area contributed by atoms with Crippen LogP contribution in [0, 0.1) is 45.4 Å². The molecular weight excluding hydrogens is 330 g/mol. The lowest BCUT2D eigenvalue weighted by Crippen LogP contribution is -2.23. The van der Waals surface area contributed by atoms with Crippen molar-refractivity contribution in [3.8, 4) is 0 Å². The number of aromatic nitrogens is 3. The van der Waals surface area contributed by atoms with E-state index in [1.54, 1.807) is 11.8 Å². The number of hydrogen-bond donors (Lipinski definition) is 0. The molecule has 0 amide bonds. The van der Waals surface area contributed by atoms with E-state index >= 15 is 0 Å². The van der Waals surface area contributed by atoms with Gasteiger partial charge in [0.05, 0.1) is 17.1 Å². The number of oxazole rings is 1. The van der Waals surface area contributed by atoms with E-state index < -0.39 is 0 Å². The van der Waals surface area contributed by atoms with E-state index in [-0.39, 0.29) is 0 Å². The van der Waals surface area contributed by atoms with E-state index in [0.29, 0.717) is 6.04 Å². The molecule has 2 aliphatic carbocycles. The highest BCUT2D eigenvalue weighted by atomic mass is 32.2. The van der Waals surface area contributed by atoms with E-state index in [4.69, 9.17) is 9.40 Å². The minimum atomic E-state index is 0.534. The molecule has 2 heterocycles. The first-order valence-corrected chi connectivity index (χ1v) is 10.5. The van der Waals surface area contributed by atoms with Gasteiger partial charge >= 0.3 is 0 Å². The maximum atomic E-state index is 5.74. The van der Waals surface area contributed by atoms with Crippen LogP contribution in [0.15, 0.2) is 9.57 Å². The highest BCUT2D eigenvalue weighted by molar-refractivity contribution is 7.98. The van der Waals surface area contributed by atoms with E-state index in [2.05, 4.69) is 30.3 Å². The van der Waals surface area contributed by atoms with Crippen molar-refractivity contribution in [3.05, 3.63) is 28.7 Å². The highest BCUT2D eigenvalue weighted by Gasteiger charge is 2.43.